The molecule has 118 valence electrons. The number of morpholine rings is 1. The van der Waals surface area contributed by atoms with E-state index < -0.39 is 0 Å². The minimum atomic E-state index is -0.284. The van der Waals surface area contributed by atoms with Gasteiger partial charge in [-0.15, -0.1) is 0 Å². The Morgan fingerprint density at radius 1 is 1.22 bits per heavy atom. The molecule has 0 aliphatic carbocycles. The van der Waals surface area contributed by atoms with E-state index in [1.165, 1.54) is 0 Å². The number of benzene rings is 1. The van der Waals surface area contributed by atoms with Crippen LogP contribution in [0.25, 0.3) is 21.8 Å². The van der Waals surface area contributed by atoms with Crippen LogP contribution in [0.4, 0.5) is 0 Å². The topological polar surface area (TPSA) is 80.2 Å². The average molecular weight is 312 g/mol. The largest absolute Gasteiger partial charge is 0.378 e. The number of aromatic amines is 1. The number of carbonyl (C=O) groups is 1. The number of hydrogen-bond donors (Lipinski definition) is 1. The fourth-order valence-electron chi connectivity index (χ4n) is 3.13. The van der Waals surface area contributed by atoms with Crippen LogP contribution in [0.1, 0.15) is 0 Å². The van der Waals surface area contributed by atoms with Gasteiger partial charge in [0.2, 0.25) is 5.91 Å². The third-order valence-corrected chi connectivity index (χ3v) is 4.24. The molecule has 0 bridgehead atoms. The SMILES string of the molecule is O=C(Cn1c2ccccc2c2cn[nH]c(=O)c21)N1CCOCC1. The normalized spacial score (nSPS) is 15.4. The number of amides is 1. The zero-order valence-electron chi connectivity index (χ0n) is 12.5. The first-order valence-corrected chi connectivity index (χ1v) is 7.56. The van der Waals surface area contributed by atoms with Crippen LogP contribution >= 0.6 is 0 Å². The molecule has 1 saturated heterocycles. The minimum Gasteiger partial charge on any atom is -0.378 e. The summed E-state index contributed by atoms with van der Waals surface area (Å²) in [5, 5.41) is 8.03. The van der Waals surface area contributed by atoms with Crippen LogP contribution < -0.4 is 5.56 Å². The maximum absolute atomic E-state index is 12.6. The molecule has 1 N–H and O–H groups in total. The van der Waals surface area contributed by atoms with Gasteiger partial charge in [0.05, 0.1) is 19.4 Å². The predicted molar refractivity (Wildman–Crippen MR) is 85.3 cm³/mol. The second kappa shape index (κ2) is 5.51. The molecule has 0 atom stereocenters. The lowest BCUT2D eigenvalue weighted by Crippen LogP contribution is -2.42. The highest BCUT2D eigenvalue weighted by molar-refractivity contribution is 6.07. The Labute approximate surface area is 131 Å². The highest BCUT2D eigenvalue weighted by Gasteiger charge is 2.20. The lowest BCUT2D eigenvalue weighted by molar-refractivity contribution is -0.135. The number of hydrogen-bond acceptors (Lipinski definition) is 4. The van der Waals surface area contributed by atoms with Crippen molar-refractivity contribution < 1.29 is 9.53 Å². The number of fused-ring (bicyclic) bond motifs is 3. The van der Waals surface area contributed by atoms with Gasteiger partial charge in [-0.05, 0) is 6.07 Å². The van der Waals surface area contributed by atoms with Crippen molar-refractivity contribution in [3.63, 3.8) is 0 Å². The van der Waals surface area contributed by atoms with Gasteiger partial charge in [-0.1, -0.05) is 18.2 Å². The van der Waals surface area contributed by atoms with E-state index in [2.05, 4.69) is 10.2 Å². The van der Waals surface area contributed by atoms with Gasteiger partial charge in [-0.3, -0.25) is 9.59 Å². The average Bonchev–Trinajstić information content (AvgIpc) is 2.91. The monoisotopic (exact) mass is 312 g/mol. The summed E-state index contributed by atoms with van der Waals surface area (Å²) in [5.41, 5.74) is 1.07. The molecule has 7 nitrogen and oxygen atoms in total. The Morgan fingerprint density at radius 3 is 2.83 bits per heavy atom. The van der Waals surface area contributed by atoms with Crippen molar-refractivity contribution >= 4 is 27.7 Å². The molecule has 1 amide bonds. The Bertz CT molecular complexity index is 937. The summed E-state index contributed by atoms with van der Waals surface area (Å²) in [6.45, 7) is 2.44. The summed E-state index contributed by atoms with van der Waals surface area (Å²) in [6.07, 6.45) is 1.63. The fourth-order valence-corrected chi connectivity index (χ4v) is 3.13. The number of para-hydroxylation sites is 1. The van der Waals surface area contributed by atoms with Gasteiger partial charge >= 0.3 is 0 Å². The summed E-state index contributed by atoms with van der Waals surface area (Å²) in [7, 11) is 0. The van der Waals surface area contributed by atoms with Gasteiger partial charge in [0, 0.05) is 29.4 Å². The van der Waals surface area contributed by atoms with E-state index in [-0.39, 0.29) is 18.0 Å². The van der Waals surface area contributed by atoms with Gasteiger partial charge in [-0.25, -0.2) is 5.10 Å². The van der Waals surface area contributed by atoms with E-state index in [4.69, 9.17) is 4.74 Å². The first-order chi connectivity index (χ1) is 11.3. The Kier molecular flexibility index (Phi) is 3.34. The van der Waals surface area contributed by atoms with Gasteiger partial charge < -0.3 is 14.2 Å². The second-order valence-corrected chi connectivity index (χ2v) is 5.56. The number of carbonyl (C=O) groups excluding carboxylic acids is 1. The van der Waals surface area contributed by atoms with Crippen LogP contribution in [-0.4, -0.2) is 51.9 Å². The maximum atomic E-state index is 12.6. The van der Waals surface area contributed by atoms with Crippen LogP contribution in [0.5, 0.6) is 0 Å². The summed E-state index contributed by atoms with van der Waals surface area (Å²) in [5.74, 6) is -0.00725. The lowest BCUT2D eigenvalue weighted by atomic mass is 10.2. The molecule has 1 aromatic carbocycles. The molecule has 3 heterocycles. The van der Waals surface area contributed by atoms with E-state index in [1.54, 1.807) is 15.7 Å². The van der Waals surface area contributed by atoms with Crippen molar-refractivity contribution in [2.45, 2.75) is 6.54 Å². The Morgan fingerprint density at radius 2 is 2.00 bits per heavy atom. The van der Waals surface area contributed by atoms with Gasteiger partial charge in [0.15, 0.2) is 0 Å². The minimum absolute atomic E-state index is 0.00725. The first-order valence-electron chi connectivity index (χ1n) is 7.56. The molecule has 0 spiro atoms. The van der Waals surface area contributed by atoms with Crippen LogP contribution in [0.3, 0.4) is 0 Å². The molecular formula is C16H16N4O3. The van der Waals surface area contributed by atoms with Crippen molar-refractivity contribution in [1.82, 2.24) is 19.7 Å². The van der Waals surface area contributed by atoms with Crippen LogP contribution in [0.2, 0.25) is 0 Å². The van der Waals surface area contributed by atoms with Gasteiger partial charge in [0.25, 0.3) is 5.56 Å². The number of H-pyrrole nitrogens is 1. The molecule has 4 rings (SSSR count). The zero-order valence-corrected chi connectivity index (χ0v) is 12.5. The third-order valence-electron chi connectivity index (χ3n) is 4.24. The van der Waals surface area contributed by atoms with Crippen molar-refractivity contribution in [2.75, 3.05) is 26.3 Å². The molecule has 1 fully saturated rings. The lowest BCUT2D eigenvalue weighted by Gasteiger charge is -2.27. The fraction of sp³-hybridized carbons (Fsp3) is 0.312. The van der Waals surface area contributed by atoms with E-state index in [9.17, 15) is 9.59 Å². The summed E-state index contributed by atoms with van der Waals surface area (Å²) < 4.78 is 7.06. The molecule has 1 aliphatic heterocycles. The molecular weight excluding hydrogens is 296 g/mol. The molecule has 0 radical (unpaired) electrons. The van der Waals surface area contributed by atoms with Crippen molar-refractivity contribution in [3.8, 4) is 0 Å². The summed E-state index contributed by atoms with van der Waals surface area (Å²) >= 11 is 0. The van der Waals surface area contributed by atoms with Crippen molar-refractivity contribution in [3.05, 3.63) is 40.8 Å². The second-order valence-electron chi connectivity index (χ2n) is 5.56. The highest BCUT2D eigenvalue weighted by Crippen LogP contribution is 2.26. The van der Waals surface area contributed by atoms with Crippen molar-refractivity contribution in [1.29, 1.82) is 0 Å². The van der Waals surface area contributed by atoms with E-state index in [0.717, 1.165) is 16.3 Å². The molecule has 0 saturated carbocycles. The molecule has 2 aromatic heterocycles. The predicted octanol–water partition coefficient (Wildman–Crippen LogP) is 0.737. The highest BCUT2D eigenvalue weighted by atomic mass is 16.5. The third kappa shape index (κ3) is 2.29. The standard InChI is InChI=1S/C16H16N4O3/c21-14(19-5-7-23-8-6-19)10-20-13-4-2-1-3-11(13)12-9-17-18-16(22)15(12)20/h1-4,9H,5-8,10H2,(H,18,22). The Balaban J connectivity index is 1.84. The number of nitrogens with one attached hydrogen (secondary N) is 1. The summed E-state index contributed by atoms with van der Waals surface area (Å²) in [4.78, 5) is 26.6. The number of aromatic nitrogens is 3. The molecule has 23 heavy (non-hydrogen) atoms. The molecule has 3 aromatic rings. The number of nitrogens with zero attached hydrogens (tertiary/aromatic N) is 3. The van der Waals surface area contributed by atoms with E-state index in [1.807, 2.05) is 24.3 Å². The molecule has 0 unspecified atom stereocenters. The van der Waals surface area contributed by atoms with Crippen molar-refractivity contribution in [2.24, 2.45) is 0 Å². The first kappa shape index (κ1) is 14.0. The van der Waals surface area contributed by atoms with Gasteiger partial charge in [0.1, 0.15) is 12.1 Å². The zero-order chi connectivity index (χ0) is 15.8. The van der Waals surface area contributed by atoms with Gasteiger partial charge in [-0.2, -0.15) is 5.10 Å². The number of ether oxygens (including phenoxy) is 1. The quantitative estimate of drug-likeness (QED) is 0.757. The Hall–Kier alpha value is -2.67. The van der Waals surface area contributed by atoms with E-state index in [0.29, 0.717) is 31.8 Å². The van der Waals surface area contributed by atoms with Crippen LogP contribution in [-0.2, 0) is 16.1 Å². The number of rotatable bonds is 2. The van der Waals surface area contributed by atoms with Crippen LogP contribution in [0, 0.1) is 0 Å². The molecule has 7 heteroatoms. The van der Waals surface area contributed by atoms with Crippen LogP contribution in [0.15, 0.2) is 35.3 Å². The molecule has 1 aliphatic rings. The van der Waals surface area contributed by atoms with E-state index >= 15 is 0 Å². The summed E-state index contributed by atoms with van der Waals surface area (Å²) in [6, 6.07) is 7.67. The smallest absolute Gasteiger partial charge is 0.288 e. The maximum Gasteiger partial charge on any atom is 0.288 e.